The first-order valence-electron chi connectivity index (χ1n) is 10.4. The molecule has 3 aromatic rings. The number of benzene rings is 3. The summed E-state index contributed by atoms with van der Waals surface area (Å²) in [5.74, 6) is -0.475. The van der Waals surface area contributed by atoms with Crippen molar-refractivity contribution in [1.82, 2.24) is 0 Å². The summed E-state index contributed by atoms with van der Waals surface area (Å²) >= 11 is 0. The van der Waals surface area contributed by atoms with E-state index in [1.54, 1.807) is 6.07 Å². The van der Waals surface area contributed by atoms with Crippen LogP contribution in [0, 0.1) is 0 Å². The monoisotopic (exact) mass is 423 g/mol. The van der Waals surface area contributed by atoms with Crippen LogP contribution in [0.15, 0.2) is 60.7 Å². The van der Waals surface area contributed by atoms with Crippen molar-refractivity contribution in [3.63, 3.8) is 0 Å². The molecular weight excluding hydrogens is 394 g/mol. The van der Waals surface area contributed by atoms with Crippen molar-refractivity contribution in [2.24, 2.45) is 0 Å². The summed E-state index contributed by atoms with van der Waals surface area (Å²) in [7, 11) is -3.15. The van der Waals surface area contributed by atoms with Gasteiger partial charge >= 0.3 is 0 Å². The number of unbranched alkanes of at least 4 members (excludes halogenated alkanes) is 1. The maximum Gasteiger partial charge on any atom is 0.231 e. The molecule has 158 valence electrons. The number of nitrogens with one attached hydrogen (secondary N) is 1. The number of fused-ring (bicyclic) bond motifs is 1. The molecule has 0 fully saturated rings. The van der Waals surface area contributed by atoms with Crippen LogP contribution in [0.2, 0.25) is 0 Å². The minimum absolute atomic E-state index is 0.0389. The maximum atomic E-state index is 13.1. The van der Waals surface area contributed by atoms with Gasteiger partial charge in [-0.3, -0.25) is 4.79 Å². The summed E-state index contributed by atoms with van der Waals surface area (Å²) in [6, 6.07) is 19.6. The fourth-order valence-corrected chi connectivity index (χ4v) is 4.51. The van der Waals surface area contributed by atoms with E-state index in [4.69, 9.17) is 0 Å². The topological polar surface area (TPSA) is 63.2 Å². The third-order valence-electron chi connectivity index (χ3n) is 5.34. The maximum absolute atomic E-state index is 13.1. The zero-order valence-corrected chi connectivity index (χ0v) is 18.6. The quantitative estimate of drug-likeness (QED) is 0.523. The Hall–Kier alpha value is -2.66. The first-order valence-corrected chi connectivity index (χ1v) is 12.4. The van der Waals surface area contributed by atoms with Crippen LogP contribution in [0.3, 0.4) is 0 Å². The molecule has 0 aliphatic rings. The highest BCUT2D eigenvalue weighted by Gasteiger charge is 2.19. The molecule has 0 aliphatic carbocycles. The van der Waals surface area contributed by atoms with Crippen LogP contribution in [-0.2, 0) is 26.8 Å². The van der Waals surface area contributed by atoms with Crippen molar-refractivity contribution in [1.29, 1.82) is 0 Å². The normalized spacial score (nSPS) is 12.6. The molecule has 1 atom stereocenters. The Bertz CT molecular complexity index is 1150. The van der Waals surface area contributed by atoms with Crippen LogP contribution in [0.5, 0.6) is 0 Å². The summed E-state index contributed by atoms with van der Waals surface area (Å²) in [5, 5.41) is 5.25. The second kappa shape index (κ2) is 9.43. The Morgan fingerprint density at radius 3 is 2.50 bits per heavy atom. The van der Waals surface area contributed by atoms with E-state index in [9.17, 15) is 13.2 Å². The molecule has 0 spiro atoms. The second-order valence-corrected chi connectivity index (χ2v) is 10.1. The fourth-order valence-electron chi connectivity index (χ4n) is 3.73. The third-order valence-corrected chi connectivity index (χ3v) is 6.20. The average molecular weight is 424 g/mol. The number of rotatable bonds is 8. The summed E-state index contributed by atoms with van der Waals surface area (Å²) < 4.78 is 23.4. The van der Waals surface area contributed by atoms with Crippen LogP contribution < -0.4 is 5.32 Å². The van der Waals surface area contributed by atoms with E-state index in [1.165, 1.54) is 6.26 Å². The Balaban J connectivity index is 1.90. The lowest BCUT2D eigenvalue weighted by Crippen LogP contribution is -2.20. The van der Waals surface area contributed by atoms with E-state index in [0.717, 1.165) is 41.2 Å². The molecule has 1 N–H and O–H groups in total. The lowest BCUT2D eigenvalue weighted by molar-refractivity contribution is -0.117. The van der Waals surface area contributed by atoms with Gasteiger partial charge in [-0.1, -0.05) is 67.9 Å². The number of anilines is 1. The number of carbonyl (C=O) groups is 1. The summed E-state index contributed by atoms with van der Waals surface area (Å²) in [5.41, 5.74) is 3.41. The van der Waals surface area contributed by atoms with Crippen LogP contribution >= 0.6 is 0 Å². The predicted molar refractivity (Wildman–Crippen MR) is 125 cm³/mol. The fraction of sp³-hybridized carbons (Fsp3) is 0.320. The largest absolute Gasteiger partial charge is 0.325 e. The first-order chi connectivity index (χ1) is 14.3. The van der Waals surface area contributed by atoms with E-state index in [0.29, 0.717) is 11.3 Å². The minimum atomic E-state index is -3.15. The van der Waals surface area contributed by atoms with Gasteiger partial charge in [-0.25, -0.2) is 8.42 Å². The summed E-state index contributed by atoms with van der Waals surface area (Å²) in [4.78, 5) is 13.1. The molecule has 4 nitrogen and oxygen atoms in total. The van der Waals surface area contributed by atoms with E-state index < -0.39 is 9.84 Å². The van der Waals surface area contributed by atoms with Gasteiger partial charge in [0.2, 0.25) is 5.91 Å². The SMILES string of the molecule is CCCCc1ccc(CS(C)(=O)=O)cc1NC(=O)C(C)c1cccc2ccccc12. The van der Waals surface area contributed by atoms with Crippen molar-refractivity contribution in [2.75, 3.05) is 11.6 Å². The number of aryl methyl sites for hydroxylation is 1. The summed E-state index contributed by atoms with van der Waals surface area (Å²) in [6.45, 7) is 4.03. The summed E-state index contributed by atoms with van der Waals surface area (Å²) in [6.07, 6.45) is 4.12. The van der Waals surface area contributed by atoms with Gasteiger partial charge in [0, 0.05) is 11.9 Å². The molecule has 3 rings (SSSR count). The van der Waals surface area contributed by atoms with Gasteiger partial charge < -0.3 is 5.32 Å². The molecule has 0 aromatic heterocycles. The van der Waals surface area contributed by atoms with Crippen molar-refractivity contribution >= 4 is 32.2 Å². The van der Waals surface area contributed by atoms with Crippen LogP contribution in [0.4, 0.5) is 5.69 Å². The highest BCUT2D eigenvalue weighted by atomic mass is 32.2. The highest BCUT2D eigenvalue weighted by molar-refractivity contribution is 7.89. The van der Waals surface area contributed by atoms with Gasteiger partial charge in [-0.15, -0.1) is 0 Å². The van der Waals surface area contributed by atoms with E-state index in [-0.39, 0.29) is 17.6 Å². The van der Waals surface area contributed by atoms with Crippen LogP contribution in [0.25, 0.3) is 10.8 Å². The molecule has 0 aliphatic heterocycles. The van der Waals surface area contributed by atoms with Crippen molar-refractivity contribution in [3.05, 3.63) is 77.4 Å². The molecule has 0 bridgehead atoms. The van der Waals surface area contributed by atoms with Crippen molar-refractivity contribution < 1.29 is 13.2 Å². The van der Waals surface area contributed by atoms with Crippen molar-refractivity contribution in [2.45, 2.75) is 44.8 Å². The molecule has 0 saturated heterocycles. The third kappa shape index (κ3) is 5.48. The molecule has 0 saturated carbocycles. The van der Waals surface area contributed by atoms with Crippen LogP contribution in [-0.4, -0.2) is 20.6 Å². The smallest absolute Gasteiger partial charge is 0.231 e. The van der Waals surface area contributed by atoms with Crippen molar-refractivity contribution in [3.8, 4) is 0 Å². The van der Waals surface area contributed by atoms with E-state index in [1.807, 2.05) is 61.5 Å². The lowest BCUT2D eigenvalue weighted by atomic mass is 9.94. The standard InChI is InChI=1S/C25H29NO3S/c1-4-5-9-21-15-14-19(17-30(3,28)29)16-24(21)26-25(27)18(2)22-13-8-11-20-10-6-7-12-23(20)22/h6-8,10-16,18H,4-5,9,17H2,1-3H3,(H,26,27). The predicted octanol–water partition coefficient (Wildman–Crippen LogP) is 5.47. The van der Waals surface area contributed by atoms with Gasteiger partial charge in [0.15, 0.2) is 9.84 Å². The molecule has 5 heteroatoms. The van der Waals surface area contributed by atoms with E-state index in [2.05, 4.69) is 12.2 Å². The van der Waals surface area contributed by atoms with E-state index >= 15 is 0 Å². The molecule has 0 radical (unpaired) electrons. The number of amides is 1. The van der Waals surface area contributed by atoms with Crippen LogP contribution in [0.1, 0.15) is 49.3 Å². The molecule has 0 heterocycles. The van der Waals surface area contributed by atoms with Gasteiger partial charge in [0.25, 0.3) is 0 Å². The first kappa shape index (κ1) is 22.0. The number of carbonyl (C=O) groups excluding carboxylic acids is 1. The van der Waals surface area contributed by atoms with Gasteiger partial charge in [0.05, 0.1) is 11.7 Å². The molecule has 3 aromatic carbocycles. The highest BCUT2D eigenvalue weighted by Crippen LogP contribution is 2.28. The molecule has 30 heavy (non-hydrogen) atoms. The Kier molecular flexibility index (Phi) is 6.93. The molecule has 1 unspecified atom stereocenters. The average Bonchev–Trinajstić information content (AvgIpc) is 2.71. The Labute approximate surface area is 179 Å². The van der Waals surface area contributed by atoms with Gasteiger partial charge in [0.1, 0.15) is 0 Å². The number of sulfone groups is 1. The Morgan fingerprint density at radius 1 is 1.03 bits per heavy atom. The second-order valence-electron chi connectivity index (χ2n) is 7.94. The zero-order valence-electron chi connectivity index (χ0n) is 17.8. The number of hydrogen-bond acceptors (Lipinski definition) is 3. The lowest BCUT2D eigenvalue weighted by Gasteiger charge is -2.18. The molecular formula is C25H29NO3S. The Morgan fingerprint density at radius 2 is 1.77 bits per heavy atom. The van der Waals surface area contributed by atoms with Gasteiger partial charge in [-0.2, -0.15) is 0 Å². The minimum Gasteiger partial charge on any atom is -0.325 e. The zero-order chi connectivity index (χ0) is 21.7. The molecule has 1 amide bonds. The number of hydrogen-bond donors (Lipinski definition) is 1. The van der Waals surface area contributed by atoms with Gasteiger partial charge in [-0.05, 0) is 53.3 Å².